The quantitative estimate of drug-likeness (QED) is 0.866. The Morgan fingerprint density at radius 2 is 1.76 bits per heavy atom. The maximum absolute atomic E-state index is 13.6. The number of nitrogens with two attached hydrogens (primary N) is 1. The Hall–Kier alpha value is -1.77. The molecule has 0 aliphatic carbocycles. The number of nitrogens with one attached hydrogen (secondary N) is 1. The number of amides is 1. The molecule has 0 aliphatic rings. The van der Waals surface area contributed by atoms with Crippen LogP contribution in [0.15, 0.2) is 51.8 Å². The van der Waals surface area contributed by atoms with E-state index in [-0.39, 0.29) is 10.5 Å². The lowest BCUT2D eigenvalue weighted by molar-refractivity contribution is 0.102. The lowest BCUT2D eigenvalue weighted by atomic mass is 10.2. The van der Waals surface area contributed by atoms with Crippen LogP contribution in [0, 0.1) is 5.82 Å². The Morgan fingerprint density at radius 3 is 2.33 bits per heavy atom. The van der Waals surface area contributed by atoms with E-state index in [2.05, 4.69) is 21.2 Å². The summed E-state index contributed by atoms with van der Waals surface area (Å²) in [5, 5.41) is 7.44. The lowest BCUT2D eigenvalue weighted by Crippen LogP contribution is -2.15. The molecule has 0 spiro atoms. The highest BCUT2D eigenvalue weighted by atomic mass is 79.9. The molecule has 0 saturated carbocycles. The molecule has 2 rings (SSSR count). The van der Waals surface area contributed by atoms with Gasteiger partial charge in [-0.1, -0.05) is 15.9 Å². The summed E-state index contributed by atoms with van der Waals surface area (Å²) in [6.07, 6.45) is 0. The molecule has 8 heteroatoms. The third kappa shape index (κ3) is 3.87. The van der Waals surface area contributed by atoms with Gasteiger partial charge < -0.3 is 5.32 Å². The zero-order valence-corrected chi connectivity index (χ0v) is 12.9. The number of hydrogen-bond acceptors (Lipinski definition) is 3. The smallest absolute Gasteiger partial charge is 0.258 e. The van der Waals surface area contributed by atoms with Crippen LogP contribution in [0.1, 0.15) is 10.4 Å². The minimum absolute atomic E-state index is 0.0749. The summed E-state index contributed by atoms with van der Waals surface area (Å²) in [4.78, 5) is 11.9. The number of benzene rings is 2. The van der Waals surface area contributed by atoms with Crippen LogP contribution in [-0.2, 0) is 10.0 Å². The van der Waals surface area contributed by atoms with Gasteiger partial charge in [-0.25, -0.2) is 17.9 Å². The molecule has 0 radical (unpaired) electrons. The number of anilines is 1. The number of rotatable bonds is 3. The molecule has 0 fully saturated rings. The molecule has 0 aromatic heterocycles. The van der Waals surface area contributed by atoms with Crippen molar-refractivity contribution in [3.8, 4) is 0 Å². The molecule has 0 atom stereocenters. The molecule has 1 amide bonds. The van der Waals surface area contributed by atoms with Gasteiger partial charge in [0, 0.05) is 10.2 Å². The summed E-state index contributed by atoms with van der Waals surface area (Å²) in [6.45, 7) is 0. The number of carbonyl (C=O) groups is 1. The summed E-state index contributed by atoms with van der Waals surface area (Å²) < 4.78 is 36.3. The van der Waals surface area contributed by atoms with Crippen molar-refractivity contribution in [2.75, 3.05) is 5.32 Å². The first-order chi connectivity index (χ1) is 9.77. The van der Waals surface area contributed by atoms with E-state index >= 15 is 0 Å². The van der Waals surface area contributed by atoms with Gasteiger partial charge in [-0.15, -0.1) is 0 Å². The van der Waals surface area contributed by atoms with Crippen LogP contribution >= 0.6 is 15.9 Å². The van der Waals surface area contributed by atoms with E-state index in [1.165, 1.54) is 42.5 Å². The fourth-order valence-corrected chi connectivity index (χ4v) is 2.47. The van der Waals surface area contributed by atoms with Gasteiger partial charge in [0.2, 0.25) is 10.0 Å². The van der Waals surface area contributed by atoms with Crippen molar-refractivity contribution < 1.29 is 17.6 Å². The Kier molecular flexibility index (Phi) is 4.40. The highest BCUT2D eigenvalue weighted by molar-refractivity contribution is 9.10. The molecule has 0 unspecified atom stereocenters. The first kappa shape index (κ1) is 15.6. The molecule has 2 aromatic carbocycles. The van der Waals surface area contributed by atoms with E-state index in [9.17, 15) is 17.6 Å². The van der Waals surface area contributed by atoms with Gasteiger partial charge in [-0.2, -0.15) is 0 Å². The highest BCUT2D eigenvalue weighted by Crippen LogP contribution is 2.18. The second-order valence-electron chi connectivity index (χ2n) is 4.15. The van der Waals surface area contributed by atoms with E-state index in [0.717, 1.165) is 0 Å². The Balaban J connectivity index is 2.22. The van der Waals surface area contributed by atoms with Crippen molar-refractivity contribution >= 4 is 37.5 Å². The monoisotopic (exact) mass is 372 g/mol. The van der Waals surface area contributed by atoms with Crippen molar-refractivity contribution in [1.29, 1.82) is 0 Å². The first-order valence-electron chi connectivity index (χ1n) is 5.66. The third-order valence-electron chi connectivity index (χ3n) is 2.61. The molecule has 0 heterocycles. The van der Waals surface area contributed by atoms with Crippen LogP contribution in [-0.4, -0.2) is 14.3 Å². The number of carbonyl (C=O) groups excluding carboxylic acids is 1. The summed E-state index contributed by atoms with van der Waals surface area (Å²) in [5.74, 6) is -1.30. The van der Waals surface area contributed by atoms with Crippen LogP contribution in [0.25, 0.3) is 0 Å². The lowest BCUT2D eigenvalue weighted by Gasteiger charge is -2.07. The number of hydrogen-bond donors (Lipinski definition) is 2. The zero-order chi connectivity index (χ0) is 15.6. The molecular weight excluding hydrogens is 363 g/mol. The molecule has 2 aromatic rings. The molecule has 0 aliphatic heterocycles. The maximum Gasteiger partial charge on any atom is 0.258 e. The fourth-order valence-electron chi connectivity index (χ4n) is 1.60. The molecule has 0 saturated heterocycles. The average molecular weight is 373 g/mol. The molecular formula is C13H10BrFN2O3S. The molecule has 21 heavy (non-hydrogen) atoms. The Bertz CT molecular complexity index is 792. The number of sulfonamides is 1. The van der Waals surface area contributed by atoms with Gasteiger partial charge in [0.05, 0.1) is 10.5 Å². The van der Waals surface area contributed by atoms with Gasteiger partial charge in [-0.05, 0) is 42.5 Å². The van der Waals surface area contributed by atoms with E-state index in [4.69, 9.17) is 5.14 Å². The average Bonchev–Trinajstić information content (AvgIpc) is 2.41. The fraction of sp³-hybridized carbons (Fsp3) is 0. The van der Waals surface area contributed by atoms with Crippen molar-refractivity contribution in [1.82, 2.24) is 0 Å². The molecule has 3 N–H and O–H groups in total. The predicted octanol–water partition coefficient (Wildman–Crippen LogP) is 2.49. The second kappa shape index (κ2) is 5.92. The van der Waals surface area contributed by atoms with Crippen LogP contribution in [0.5, 0.6) is 0 Å². The SMILES string of the molecule is NS(=O)(=O)c1ccc(NC(=O)c2cc(Br)ccc2F)cc1. The van der Waals surface area contributed by atoms with Crippen LogP contribution < -0.4 is 10.5 Å². The summed E-state index contributed by atoms with van der Waals surface area (Å²) in [7, 11) is -3.79. The molecule has 110 valence electrons. The van der Waals surface area contributed by atoms with Crippen molar-refractivity contribution in [2.24, 2.45) is 5.14 Å². The van der Waals surface area contributed by atoms with E-state index < -0.39 is 21.7 Å². The van der Waals surface area contributed by atoms with Crippen molar-refractivity contribution in [2.45, 2.75) is 4.90 Å². The Labute approximate surface area is 129 Å². The van der Waals surface area contributed by atoms with Crippen LogP contribution in [0.3, 0.4) is 0 Å². The summed E-state index contributed by atoms with van der Waals surface area (Å²) in [6, 6.07) is 9.24. The minimum Gasteiger partial charge on any atom is -0.322 e. The largest absolute Gasteiger partial charge is 0.322 e. The standard InChI is InChI=1S/C13H10BrFN2O3S/c14-8-1-6-12(15)11(7-8)13(18)17-9-2-4-10(5-3-9)21(16,19)20/h1-7H,(H,17,18)(H2,16,19,20). The topological polar surface area (TPSA) is 89.3 Å². The first-order valence-corrected chi connectivity index (χ1v) is 8.00. The van der Waals surface area contributed by atoms with Crippen molar-refractivity contribution in [3.05, 3.63) is 58.3 Å². The van der Waals surface area contributed by atoms with Gasteiger partial charge in [0.15, 0.2) is 0 Å². The van der Waals surface area contributed by atoms with Gasteiger partial charge in [0.1, 0.15) is 5.82 Å². The summed E-state index contributed by atoms with van der Waals surface area (Å²) in [5.41, 5.74) is 0.201. The second-order valence-corrected chi connectivity index (χ2v) is 6.62. The number of primary sulfonamides is 1. The third-order valence-corrected chi connectivity index (χ3v) is 4.04. The van der Waals surface area contributed by atoms with E-state index in [1.807, 2.05) is 0 Å². The van der Waals surface area contributed by atoms with E-state index in [0.29, 0.717) is 10.2 Å². The van der Waals surface area contributed by atoms with Crippen molar-refractivity contribution in [3.63, 3.8) is 0 Å². The molecule has 0 bridgehead atoms. The minimum atomic E-state index is -3.79. The van der Waals surface area contributed by atoms with E-state index in [1.54, 1.807) is 0 Å². The van der Waals surface area contributed by atoms with Gasteiger partial charge in [0.25, 0.3) is 5.91 Å². The summed E-state index contributed by atoms with van der Waals surface area (Å²) >= 11 is 3.15. The molecule has 5 nitrogen and oxygen atoms in total. The maximum atomic E-state index is 13.6. The van der Waals surface area contributed by atoms with Gasteiger partial charge >= 0.3 is 0 Å². The normalized spacial score (nSPS) is 11.2. The van der Waals surface area contributed by atoms with Gasteiger partial charge in [-0.3, -0.25) is 4.79 Å². The zero-order valence-electron chi connectivity index (χ0n) is 10.5. The number of halogens is 2. The van der Waals surface area contributed by atoms with Crippen LogP contribution in [0.4, 0.5) is 10.1 Å². The van der Waals surface area contributed by atoms with Crippen LogP contribution in [0.2, 0.25) is 0 Å². The predicted molar refractivity (Wildman–Crippen MR) is 79.9 cm³/mol. The highest BCUT2D eigenvalue weighted by Gasteiger charge is 2.13. The Morgan fingerprint density at radius 1 is 1.14 bits per heavy atom.